The van der Waals surface area contributed by atoms with E-state index in [9.17, 15) is 0 Å². The SMILES string of the molecule is CN(C)c1cc(-c2ccncc2)c(-c2ccc3ccccc3c2)nn1. The summed E-state index contributed by atoms with van der Waals surface area (Å²) >= 11 is 0. The highest BCUT2D eigenvalue weighted by atomic mass is 15.2. The molecule has 0 aliphatic heterocycles. The fourth-order valence-electron chi connectivity index (χ4n) is 2.90. The first kappa shape index (κ1) is 15.3. The molecule has 0 unspecified atom stereocenters. The van der Waals surface area contributed by atoms with Crippen LogP contribution in [0.15, 0.2) is 73.1 Å². The number of hydrogen-bond acceptors (Lipinski definition) is 4. The van der Waals surface area contributed by atoms with Crippen molar-refractivity contribution in [3.05, 3.63) is 73.1 Å². The molecule has 0 spiro atoms. The fraction of sp³-hybridized carbons (Fsp3) is 0.0952. The average Bonchev–Trinajstić information content (AvgIpc) is 2.68. The molecule has 0 bridgehead atoms. The highest BCUT2D eigenvalue weighted by Crippen LogP contribution is 2.33. The van der Waals surface area contributed by atoms with Crippen LogP contribution in [0.5, 0.6) is 0 Å². The summed E-state index contributed by atoms with van der Waals surface area (Å²) in [5.74, 6) is 0.830. The Hall–Kier alpha value is -3.27. The normalized spacial score (nSPS) is 10.8. The van der Waals surface area contributed by atoms with E-state index < -0.39 is 0 Å². The van der Waals surface area contributed by atoms with E-state index in [1.54, 1.807) is 12.4 Å². The monoisotopic (exact) mass is 326 g/mol. The zero-order valence-electron chi connectivity index (χ0n) is 14.2. The molecule has 4 nitrogen and oxygen atoms in total. The lowest BCUT2D eigenvalue weighted by Crippen LogP contribution is -2.12. The molecule has 2 aromatic heterocycles. The largest absolute Gasteiger partial charge is 0.361 e. The number of nitrogens with zero attached hydrogens (tertiary/aromatic N) is 4. The first-order valence-electron chi connectivity index (χ1n) is 8.17. The van der Waals surface area contributed by atoms with Gasteiger partial charge in [-0.3, -0.25) is 4.98 Å². The second-order valence-corrected chi connectivity index (χ2v) is 6.16. The van der Waals surface area contributed by atoms with Crippen molar-refractivity contribution in [2.24, 2.45) is 0 Å². The van der Waals surface area contributed by atoms with E-state index in [2.05, 4.69) is 63.7 Å². The number of fused-ring (bicyclic) bond motifs is 1. The van der Waals surface area contributed by atoms with Gasteiger partial charge in [-0.25, -0.2) is 0 Å². The van der Waals surface area contributed by atoms with E-state index in [1.165, 1.54) is 10.8 Å². The molecule has 0 fully saturated rings. The van der Waals surface area contributed by atoms with Gasteiger partial charge in [0, 0.05) is 37.6 Å². The summed E-state index contributed by atoms with van der Waals surface area (Å²) in [4.78, 5) is 6.09. The summed E-state index contributed by atoms with van der Waals surface area (Å²) in [6.45, 7) is 0. The lowest BCUT2D eigenvalue weighted by molar-refractivity contribution is 0.970. The van der Waals surface area contributed by atoms with Crippen LogP contribution in [0.3, 0.4) is 0 Å². The Morgan fingerprint density at radius 1 is 0.720 bits per heavy atom. The Balaban J connectivity index is 1.93. The maximum absolute atomic E-state index is 4.54. The van der Waals surface area contributed by atoms with E-state index >= 15 is 0 Å². The van der Waals surface area contributed by atoms with Crippen molar-refractivity contribution in [3.8, 4) is 22.4 Å². The lowest BCUT2D eigenvalue weighted by Gasteiger charge is -2.15. The van der Waals surface area contributed by atoms with Crippen LogP contribution < -0.4 is 4.90 Å². The Morgan fingerprint density at radius 2 is 1.48 bits per heavy atom. The van der Waals surface area contributed by atoms with E-state index in [-0.39, 0.29) is 0 Å². The van der Waals surface area contributed by atoms with Crippen molar-refractivity contribution in [1.82, 2.24) is 15.2 Å². The minimum absolute atomic E-state index is 0.830. The van der Waals surface area contributed by atoms with Crippen LogP contribution in [0.25, 0.3) is 33.2 Å². The first-order chi connectivity index (χ1) is 12.2. The minimum Gasteiger partial charge on any atom is -0.361 e. The molecule has 4 aromatic rings. The Kier molecular flexibility index (Phi) is 3.86. The second kappa shape index (κ2) is 6.32. The van der Waals surface area contributed by atoms with Crippen LogP contribution in [0, 0.1) is 0 Å². The number of rotatable bonds is 3. The minimum atomic E-state index is 0.830. The molecular weight excluding hydrogens is 308 g/mol. The van der Waals surface area contributed by atoms with E-state index in [0.29, 0.717) is 0 Å². The molecule has 25 heavy (non-hydrogen) atoms. The van der Waals surface area contributed by atoms with Crippen molar-refractivity contribution >= 4 is 16.6 Å². The van der Waals surface area contributed by atoms with Gasteiger partial charge in [-0.1, -0.05) is 36.4 Å². The van der Waals surface area contributed by atoms with Gasteiger partial charge in [0.25, 0.3) is 0 Å². The van der Waals surface area contributed by atoms with Crippen molar-refractivity contribution in [2.75, 3.05) is 19.0 Å². The third-order valence-electron chi connectivity index (χ3n) is 4.25. The number of pyridine rings is 1. The first-order valence-corrected chi connectivity index (χ1v) is 8.17. The molecule has 0 aliphatic carbocycles. The standard InChI is InChI=1S/C21H18N4/c1-25(2)20-14-19(16-9-11-22-12-10-16)21(24-23-20)18-8-7-15-5-3-4-6-17(15)13-18/h3-14H,1-2H3. The molecular formula is C21H18N4. The molecule has 2 aromatic carbocycles. The predicted molar refractivity (Wildman–Crippen MR) is 103 cm³/mol. The number of aromatic nitrogens is 3. The van der Waals surface area contributed by atoms with Gasteiger partial charge < -0.3 is 4.90 Å². The summed E-state index contributed by atoms with van der Waals surface area (Å²) in [5.41, 5.74) is 4.07. The fourth-order valence-corrected chi connectivity index (χ4v) is 2.90. The average molecular weight is 326 g/mol. The van der Waals surface area contributed by atoms with Gasteiger partial charge in [0.1, 0.15) is 5.69 Å². The molecule has 0 radical (unpaired) electrons. The van der Waals surface area contributed by atoms with E-state index in [0.717, 1.165) is 28.2 Å². The van der Waals surface area contributed by atoms with Gasteiger partial charge in [-0.15, -0.1) is 10.2 Å². The van der Waals surface area contributed by atoms with Gasteiger partial charge in [0.05, 0.1) is 0 Å². The van der Waals surface area contributed by atoms with Gasteiger partial charge in [-0.2, -0.15) is 0 Å². The maximum Gasteiger partial charge on any atom is 0.151 e. The zero-order chi connectivity index (χ0) is 17.2. The van der Waals surface area contributed by atoms with Gasteiger partial charge in [0.2, 0.25) is 0 Å². The van der Waals surface area contributed by atoms with Gasteiger partial charge >= 0.3 is 0 Å². The van der Waals surface area contributed by atoms with Crippen molar-refractivity contribution in [3.63, 3.8) is 0 Å². The highest BCUT2D eigenvalue weighted by molar-refractivity contribution is 5.90. The third-order valence-corrected chi connectivity index (χ3v) is 4.25. The van der Waals surface area contributed by atoms with Crippen LogP contribution in [-0.2, 0) is 0 Å². The summed E-state index contributed by atoms with van der Waals surface area (Å²) in [6, 6.07) is 20.8. The van der Waals surface area contributed by atoms with Crippen LogP contribution >= 0.6 is 0 Å². The molecule has 122 valence electrons. The van der Waals surface area contributed by atoms with E-state index in [4.69, 9.17) is 0 Å². The van der Waals surface area contributed by atoms with E-state index in [1.807, 2.05) is 31.1 Å². The topological polar surface area (TPSA) is 41.9 Å². The van der Waals surface area contributed by atoms with Crippen LogP contribution in [0.2, 0.25) is 0 Å². The molecule has 0 saturated carbocycles. The molecule has 4 rings (SSSR count). The van der Waals surface area contributed by atoms with Crippen molar-refractivity contribution < 1.29 is 0 Å². The number of hydrogen-bond donors (Lipinski definition) is 0. The van der Waals surface area contributed by atoms with Gasteiger partial charge in [0.15, 0.2) is 5.82 Å². The Morgan fingerprint density at radius 3 is 2.24 bits per heavy atom. The van der Waals surface area contributed by atoms with Crippen LogP contribution in [0.4, 0.5) is 5.82 Å². The van der Waals surface area contributed by atoms with Crippen molar-refractivity contribution in [1.29, 1.82) is 0 Å². The molecule has 0 aliphatic rings. The Labute approximate surface area is 146 Å². The third kappa shape index (κ3) is 2.94. The Bertz CT molecular complexity index is 1030. The number of benzene rings is 2. The summed E-state index contributed by atoms with van der Waals surface area (Å²) in [5, 5.41) is 11.3. The molecule has 2 heterocycles. The second-order valence-electron chi connectivity index (χ2n) is 6.16. The summed E-state index contributed by atoms with van der Waals surface area (Å²) in [6.07, 6.45) is 3.60. The molecule has 0 saturated heterocycles. The summed E-state index contributed by atoms with van der Waals surface area (Å²) in [7, 11) is 3.94. The quantitative estimate of drug-likeness (QED) is 0.559. The molecule has 4 heteroatoms. The summed E-state index contributed by atoms with van der Waals surface area (Å²) < 4.78 is 0. The molecule has 0 amide bonds. The predicted octanol–water partition coefficient (Wildman–Crippen LogP) is 4.42. The number of anilines is 1. The smallest absolute Gasteiger partial charge is 0.151 e. The van der Waals surface area contributed by atoms with Gasteiger partial charge in [-0.05, 0) is 40.6 Å². The van der Waals surface area contributed by atoms with Crippen LogP contribution in [-0.4, -0.2) is 29.3 Å². The maximum atomic E-state index is 4.54. The zero-order valence-corrected chi connectivity index (χ0v) is 14.2. The highest BCUT2D eigenvalue weighted by Gasteiger charge is 2.13. The van der Waals surface area contributed by atoms with Crippen LogP contribution in [0.1, 0.15) is 0 Å². The molecule has 0 atom stereocenters. The lowest BCUT2D eigenvalue weighted by atomic mass is 9.98. The molecule has 0 N–H and O–H groups in total. The van der Waals surface area contributed by atoms with Crippen molar-refractivity contribution in [2.45, 2.75) is 0 Å².